The zero-order valence-corrected chi connectivity index (χ0v) is 18.1. The summed E-state index contributed by atoms with van der Waals surface area (Å²) in [5.74, 6) is 0.691. The summed E-state index contributed by atoms with van der Waals surface area (Å²) >= 11 is 0. The van der Waals surface area contributed by atoms with Crippen molar-refractivity contribution in [1.82, 2.24) is 19.7 Å². The van der Waals surface area contributed by atoms with Gasteiger partial charge in [0.1, 0.15) is 0 Å². The maximum Gasteiger partial charge on any atom is 0.290 e. The molecule has 0 unspecified atom stereocenters. The number of rotatable bonds is 5. The third-order valence-electron chi connectivity index (χ3n) is 5.90. The average Bonchev–Trinajstić information content (AvgIpc) is 3.06. The monoisotopic (exact) mass is 422 g/mol. The van der Waals surface area contributed by atoms with Crippen molar-refractivity contribution in [3.63, 3.8) is 0 Å². The van der Waals surface area contributed by atoms with Gasteiger partial charge in [-0.15, -0.1) is 0 Å². The molecule has 1 aromatic carbocycles. The topological polar surface area (TPSA) is 91.2 Å². The Labute approximate surface area is 182 Å². The second-order valence-corrected chi connectivity index (χ2v) is 7.99. The van der Waals surface area contributed by atoms with Gasteiger partial charge < -0.3 is 10.1 Å². The van der Waals surface area contributed by atoms with Crippen LogP contribution in [0.5, 0.6) is 0 Å². The molecule has 0 bridgehead atoms. The highest BCUT2D eigenvalue weighted by Gasteiger charge is 2.22. The number of H-pyrrole nitrogens is 1. The molecular formula is C24H30N4O3. The van der Waals surface area contributed by atoms with Crippen molar-refractivity contribution in [3.8, 4) is 5.69 Å². The fourth-order valence-corrected chi connectivity index (χ4v) is 4.20. The second-order valence-electron chi connectivity index (χ2n) is 7.99. The van der Waals surface area contributed by atoms with E-state index in [-0.39, 0.29) is 12.0 Å². The van der Waals surface area contributed by atoms with Crippen molar-refractivity contribution < 1.29 is 9.90 Å². The van der Waals surface area contributed by atoms with Crippen molar-refractivity contribution >= 4 is 6.47 Å². The number of hydrogen-bond donors (Lipinski definition) is 2. The van der Waals surface area contributed by atoms with Gasteiger partial charge in [0.05, 0.1) is 11.4 Å². The van der Waals surface area contributed by atoms with Crippen LogP contribution in [0.4, 0.5) is 0 Å². The third kappa shape index (κ3) is 5.92. The molecule has 2 N–H and O–H groups in total. The van der Waals surface area contributed by atoms with Crippen LogP contribution in [0.2, 0.25) is 0 Å². The normalized spacial score (nSPS) is 14.6. The number of hydrogen-bond acceptors (Lipinski definition) is 4. The molecule has 7 heteroatoms. The third-order valence-corrected chi connectivity index (χ3v) is 5.90. The van der Waals surface area contributed by atoms with Crippen molar-refractivity contribution in [2.24, 2.45) is 5.92 Å². The maximum absolute atomic E-state index is 11.2. The van der Waals surface area contributed by atoms with E-state index in [9.17, 15) is 4.79 Å². The first-order valence-electron chi connectivity index (χ1n) is 10.6. The first-order chi connectivity index (χ1) is 15.0. The van der Waals surface area contributed by atoms with Crippen LogP contribution in [-0.4, -0.2) is 44.3 Å². The van der Waals surface area contributed by atoms with Gasteiger partial charge in [-0.1, -0.05) is 24.3 Å². The van der Waals surface area contributed by atoms with Crippen LogP contribution in [0, 0.1) is 19.8 Å². The Morgan fingerprint density at radius 2 is 1.81 bits per heavy atom. The molecule has 0 spiro atoms. The number of nitrogens with zero attached hydrogens (tertiary/aromatic N) is 3. The smallest absolute Gasteiger partial charge is 0.290 e. The molecule has 164 valence electrons. The van der Waals surface area contributed by atoms with Crippen LogP contribution < -0.4 is 5.56 Å². The molecule has 31 heavy (non-hydrogen) atoms. The Hall–Kier alpha value is -3.19. The molecule has 0 atom stereocenters. The molecule has 7 nitrogen and oxygen atoms in total. The molecule has 1 aliphatic heterocycles. The molecule has 3 aromatic rings. The molecule has 0 saturated carbocycles. The number of carboxylic acid groups (broad SMARTS) is 1. The Morgan fingerprint density at radius 1 is 1.13 bits per heavy atom. The zero-order chi connectivity index (χ0) is 22.2. The van der Waals surface area contributed by atoms with E-state index in [2.05, 4.69) is 52.7 Å². The van der Waals surface area contributed by atoms with Gasteiger partial charge in [0.25, 0.3) is 6.47 Å². The number of para-hydroxylation sites is 1. The van der Waals surface area contributed by atoms with Crippen LogP contribution >= 0.6 is 0 Å². The number of nitrogens with one attached hydrogen (secondary N) is 1. The minimum absolute atomic E-state index is 0.0274. The van der Waals surface area contributed by atoms with E-state index in [4.69, 9.17) is 15.0 Å². The standard InChI is InChI=1S/C23H28N4O.CH2O2/c1-17-22(18(2)27(25-17)21-6-4-3-5-7-21)16-26-12-10-19(11-13-26)14-20-8-9-23(28)24-15-20;2-1-3/h3-9,15,19H,10-14,16H2,1-2H3,(H,24,28);1H,(H,2,3). The molecule has 3 heterocycles. The number of aromatic nitrogens is 3. The highest BCUT2D eigenvalue weighted by atomic mass is 16.3. The second kappa shape index (κ2) is 10.7. The Bertz CT molecular complexity index is 1010. The van der Waals surface area contributed by atoms with Gasteiger partial charge in [-0.3, -0.25) is 14.5 Å². The quantitative estimate of drug-likeness (QED) is 0.616. The summed E-state index contributed by atoms with van der Waals surface area (Å²) < 4.78 is 2.06. The Morgan fingerprint density at radius 3 is 2.42 bits per heavy atom. The fraction of sp³-hybridized carbons (Fsp3) is 0.375. The Balaban J connectivity index is 0.000000858. The van der Waals surface area contributed by atoms with Crippen LogP contribution in [0.15, 0.2) is 53.5 Å². The predicted molar refractivity (Wildman–Crippen MR) is 120 cm³/mol. The summed E-state index contributed by atoms with van der Waals surface area (Å²) in [6.07, 6.45) is 5.31. The number of aromatic amines is 1. The number of carbonyl (C=O) groups is 1. The summed E-state index contributed by atoms with van der Waals surface area (Å²) in [7, 11) is 0. The summed E-state index contributed by atoms with van der Waals surface area (Å²) in [5.41, 5.74) is 6.03. The number of piperidine rings is 1. The fourth-order valence-electron chi connectivity index (χ4n) is 4.20. The van der Waals surface area contributed by atoms with E-state index in [1.54, 1.807) is 6.07 Å². The molecular weight excluding hydrogens is 392 g/mol. The largest absolute Gasteiger partial charge is 0.483 e. The van der Waals surface area contributed by atoms with Gasteiger partial charge in [0.2, 0.25) is 5.56 Å². The van der Waals surface area contributed by atoms with Crippen molar-refractivity contribution in [3.05, 3.63) is 81.5 Å². The number of likely N-dealkylation sites (tertiary alicyclic amines) is 1. The van der Waals surface area contributed by atoms with Gasteiger partial charge in [0, 0.05) is 30.1 Å². The minimum Gasteiger partial charge on any atom is -0.483 e. The number of aryl methyl sites for hydroxylation is 1. The van der Waals surface area contributed by atoms with Gasteiger partial charge in [-0.2, -0.15) is 5.10 Å². The minimum atomic E-state index is -0.250. The van der Waals surface area contributed by atoms with Crippen LogP contribution in [0.3, 0.4) is 0 Å². The molecule has 1 fully saturated rings. The van der Waals surface area contributed by atoms with E-state index < -0.39 is 0 Å². The first-order valence-corrected chi connectivity index (χ1v) is 10.6. The van der Waals surface area contributed by atoms with E-state index >= 15 is 0 Å². The molecule has 0 aliphatic carbocycles. The maximum atomic E-state index is 11.2. The molecule has 0 radical (unpaired) electrons. The number of benzene rings is 1. The highest BCUT2D eigenvalue weighted by molar-refractivity contribution is 5.37. The van der Waals surface area contributed by atoms with Crippen LogP contribution in [0.1, 0.15) is 35.4 Å². The highest BCUT2D eigenvalue weighted by Crippen LogP contribution is 2.25. The van der Waals surface area contributed by atoms with Gasteiger partial charge in [-0.25, -0.2) is 4.68 Å². The average molecular weight is 423 g/mol. The molecule has 0 amide bonds. The van der Waals surface area contributed by atoms with E-state index in [1.165, 1.54) is 29.7 Å². The van der Waals surface area contributed by atoms with Crippen molar-refractivity contribution in [2.45, 2.75) is 39.7 Å². The lowest BCUT2D eigenvalue weighted by atomic mass is 9.90. The number of pyridine rings is 1. The summed E-state index contributed by atoms with van der Waals surface area (Å²) in [6, 6.07) is 13.9. The first kappa shape index (κ1) is 22.5. The van der Waals surface area contributed by atoms with Crippen LogP contribution in [-0.2, 0) is 17.8 Å². The van der Waals surface area contributed by atoms with Gasteiger partial charge >= 0.3 is 0 Å². The van der Waals surface area contributed by atoms with Gasteiger partial charge in [-0.05, 0) is 69.8 Å². The molecule has 2 aromatic heterocycles. The molecule has 1 saturated heterocycles. The summed E-state index contributed by atoms with van der Waals surface area (Å²) in [5, 5.41) is 11.7. The van der Waals surface area contributed by atoms with Crippen LogP contribution in [0.25, 0.3) is 5.69 Å². The molecule has 1 aliphatic rings. The lowest BCUT2D eigenvalue weighted by molar-refractivity contribution is -0.122. The van der Waals surface area contributed by atoms with E-state index in [1.807, 2.05) is 18.3 Å². The summed E-state index contributed by atoms with van der Waals surface area (Å²) in [4.78, 5) is 24.9. The summed E-state index contributed by atoms with van der Waals surface area (Å²) in [6.45, 7) is 7.23. The van der Waals surface area contributed by atoms with E-state index in [0.29, 0.717) is 5.92 Å². The van der Waals surface area contributed by atoms with Crippen molar-refractivity contribution in [2.75, 3.05) is 13.1 Å². The van der Waals surface area contributed by atoms with Gasteiger partial charge in [0.15, 0.2) is 0 Å². The Kier molecular flexibility index (Phi) is 7.78. The van der Waals surface area contributed by atoms with E-state index in [0.717, 1.165) is 37.4 Å². The predicted octanol–water partition coefficient (Wildman–Crippen LogP) is 3.33. The lowest BCUT2D eigenvalue weighted by Crippen LogP contribution is -2.34. The zero-order valence-electron chi connectivity index (χ0n) is 18.1. The lowest BCUT2D eigenvalue weighted by Gasteiger charge is -2.32. The van der Waals surface area contributed by atoms with Crippen molar-refractivity contribution in [1.29, 1.82) is 0 Å². The SMILES string of the molecule is Cc1nn(-c2ccccc2)c(C)c1CN1CCC(Cc2ccc(=O)[nH]c2)CC1.O=CO. The molecule has 4 rings (SSSR count).